The second kappa shape index (κ2) is 9.46. The Kier molecular flexibility index (Phi) is 6.04. The van der Waals surface area contributed by atoms with Crippen molar-refractivity contribution in [2.24, 2.45) is 0 Å². The normalized spacial score (nSPS) is 16.5. The lowest BCUT2D eigenvalue weighted by Crippen LogP contribution is -2.44. The SMILES string of the molecule is CC#CC(=O)NC1CC(n2nc(-c3ccc(C(=O)Nc4cccc(C)n4)cc3)c3c(N)ncnc32)C1. The predicted molar refractivity (Wildman–Crippen MR) is 136 cm³/mol. The lowest BCUT2D eigenvalue weighted by Gasteiger charge is -2.35. The van der Waals surface area contributed by atoms with Gasteiger partial charge in [0.2, 0.25) is 0 Å². The zero-order valence-electron chi connectivity index (χ0n) is 19.8. The Morgan fingerprint density at radius 3 is 2.61 bits per heavy atom. The van der Waals surface area contributed by atoms with E-state index in [0.717, 1.165) is 11.3 Å². The molecule has 1 aromatic carbocycles. The van der Waals surface area contributed by atoms with Crippen molar-refractivity contribution in [3.63, 3.8) is 0 Å². The summed E-state index contributed by atoms with van der Waals surface area (Å²) in [6.45, 7) is 3.50. The third kappa shape index (κ3) is 4.46. The molecule has 1 aliphatic carbocycles. The Morgan fingerprint density at radius 1 is 1.11 bits per heavy atom. The molecule has 3 heterocycles. The summed E-state index contributed by atoms with van der Waals surface area (Å²) in [6.07, 6.45) is 2.84. The molecule has 0 atom stereocenters. The highest BCUT2D eigenvalue weighted by molar-refractivity contribution is 6.04. The zero-order valence-corrected chi connectivity index (χ0v) is 19.8. The van der Waals surface area contributed by atoms with E-state index >= 15 is 0 Å². The van der Waals surface area contributed by atoms with Crippen LogP contribution in [-0.2, 0) is 4.79 Å². The fourth-order valence-electron chi connectivity index (χ4n) is 4.27. The number of hydrogen-bond donors (Lipinski definition) is 3. The third-order valence-corrected chi connectivity index (χ3v) is 6.10. The summed E-state index contributed by atoms with van der Waals surface area (Å²) in [5.41, 5.74) is 9.59. The summed E-state index contributed by atoms with van der Waals surface area (Å²) >= 11 is 0. The molecule has 4 N–H and O–H groups in total. The number of pyridine rings is 1. The second-order valence-electron chi connectivity index (χ2n) is 8.62. The number of nitrogens with one attached hydrogen (secondary N) is 2. The van der Waals surface area contributed by atoms with Gasteiger partial charge in [0.25, 0.3) is 11.8 Å². The van der Waals surface area contributed by atoms with Gasteiger partial charge in [-0.3, -0.25) is 9.59 Å². The van der Waals surface area contributed by atoms with E-state index in [1.165, 1.54) is 6.33 Å². The van der Waals surface area contributed by atoms with Gasteiger partial charge in [-0.05, 0) is 56.9 Å². The molecule has 0 unspecified atom stereocenters. The number of nitrogens with zero attached hydrogens (tertiary/aromatic N) is 5. The summed E-state index contributed by atoms with van der Waals surface area (Å²) in [5.74, 6) is 5.39. The number of anilines is 2. The van der Waals surface area contributed by atoms with Crippen molar-refractivity contribution in [2.45, 2.75) is 38.8 Å². The van der Waals surface area contributed by atoms with Crippen LogP contribution in [0.3, 0.4) is 0 Å². The number of amides is 2. The smallest absolute Gasteiger partial charge is 0.296 e. The van der Waals surface area contributed by atoms with Gasteiger partial charge in [0, 0.05) is 22.9 Å². The van der Waals surface area contributed by atoms with Crippen LogP contribution in [-0.4, -0.2) is 42.6 Å². The van der Waals surface area contributed by atoms with Crippen LogP contribution in [0, 0.1) is 18.8 Å². The van der Waals surface area contributed by atoms with E-state index in [2.05, 4.69) is 37.4 Å². The van der Waals surface area contributed by atoms with Crippen LogP contribution in [0.5, 0.6) is 0 Å². The number of hydrogen-bond acceptors (Lipinski definition) is 7. The van der Waals surface area contributed by atoms with Crippen LogP contribution >= 0.6 is 0 Å². The molecule has 2 amide bonds. The highest BCUT2D eigenvalue weighted by Gasteiger charge is 2.34. The molecule has 180 valence electrons. The first-order chi connectivity index (χ1) is 17.4. The molecule has 4 aromatic rings. The molecule has 0 aliphatic heterocycles. The average Bonchev–Trinajstić information content (AvgIpc) is 3.22. The number of carbonyl (C=O) groups excluding carboxylic acids is 2. The van der Waals surface area contributed by atoms with Crippen LogP contribution in [0.1, 0.15) is 41.9 Å². The largest absolute Gasteiger partial charge is 0.383 e. The molecule has 0 saturated heterocycles. The van der Waals surface area contributed by atoms with Crippen molar-refractivity contribution < 1.29 is 9.59 Å². The Morgan fingerprint density at radius 2 is 1.89 bits per heavy atom. The highest BCUT2D eigenvalue weighted by Crippen LogP contribution is 2.38. The Hall–Kier alpha value is -4.78. The molecule has 1 aliphatic rings. The summed E-state index contributed by atoms with van der Waals surface area (Å²) < 4.78 is 1.85. The number of aryl methyl sites for hydroxylation is 1. The molecule has 0 spiro atoms. The van der Waals surface area contributed by atoms with Crippen molar-refractivity contribution in [3.8, 4) is 23.1 Å². The fourth-order valence-corrected chi connectivity index (χ4v) is 4.27. The van der Waals surface area contributed by atoms with E-state index < -0.39 is 0 Å². The van der Waals surface area contributed by atoms with Crippen LogP contribution in [0.15, 0.2) is 48.8 Å². The number of aromatic nitrogens is 5. The molecule has 0 radical (unpaired) electrons. The van der Waals surface area contributed by atoms with Crippen molar-refractivity contribution in [1.29, 1.82) is 0 Å². The molecular weight excluding hydrogens is 456 g/mol. The predicted octanol–water partition coefficient (Wildman–Crippen LogP) is 2.87. The molecule has 1 saturated carbocycles. The van der Waals surface area contributed by atoms with Gasteiger partial charge in [-0.2, -0.15) is 5.10 Å². The number of carbonyl (C=O) groups is 2. The second-order valence-corrected chi connectivity index (χ2v) is 8.62. The molecule has 10 nitrogen and oxygen atoms in total. The van der Waals surface area contributed by atoms with Crippen molar-refractivity contribution >= 4 is 34.5 Å². The topological polar surface area (TPSA) is 141 Å². The lowest BCUT2D eigenvalue weighted by molar-refractivity contribution is -0.117. The van der Waals surface area contributed by atoms with Crippen molar-refractivity contribution in [3.05, 3.63) is 60.0 Å². The van der Waals surface area contributed by atoms with E-state index in [4.69, 9.17) is 10.8 Å². The van der Waals surface area contributed by atoms with Gasteiger partial charge in [0.15, 0.2) is 5.65 Å². The Labute approximate surface area is 207 Å². The van der Waals surface area contributed by atoms with Crippen LogP contribution in [0.4, 0.5) is 11.6 Å². The fraction of sp³-hybridized carbons (Fsp3) is 0.231. The lowest BCUT2D eigenvalue weighted by atomic mass is 9.87. The number of rotatable bonds is 5. The molecule has 1 fully saturated rings. The maximum Gasteiger partial charge on any atom is 0.296 e. The minimum absolute atomic E-state index is 0.0333. The summed E-state index contributed by atoms with van der Waals surface area (Å²) in [7, 11) is 0. The highest BCUT2D eigenvalue weighted by atomic mass is 16.2. The molecular formula is C26H24N8O2. The van der Waals surface area contributed by atoms with Crippen LogP contribution in [0.25, 0.3) is 22.3 Å². The quantitative estimate of drug-likeness (QED) is 0.373. The van der Waals surface area contributed by atoms with Crippen molar-refractivity contribution in [2.75, 3.05) is 11.1 Å². The van der Waals surface area contributed by atoms with Gasteiger partial charge in [0.05, 0.1) is 11.4 Å². The van der Waals surface area contributed by atoms with Crippen LogP contribution < -0.4 is 16.4 Å². The minimum Gasteiger partial charge on any atom is -0.383 e. The first-order valence-electron chi connectivity index (χ1n) is 11.5. The van der Waals surface area contributed by atoms with Gasteiger partial charge in [-0.1, -0.05) is 24.1 Å². The monoisotopic (exact) mass is 480 g/mol. The van der Waals surface area contributed by atoms with E-state index in [0.29, 0.717) is 46.8 Å². The first kappa shape index (κ1) is 23.0. The van der Waals surface area contributed by atoms with Crippen molar-refractivity contribution in [1.82, 2.24) is 30.0 Å². The number of benzene rings is 1. The van der Waals surface area contributed by atoms with Gasteiger partial charge in [-0.25, -0.2) is 19.6 Å². The van der Waals surface area contributed by atoms with Gasteiger partial charge in [-0.15, -0.1) is 0 Å². The number of fused-ring (bicyclic) bond motifs is 1. The Bertz CT molecular complexity index is 1530. The summed E-state index contributed by atoms with van der Waals surface area (Å²) in [6, 6.07) is 12.7. The van der Waals surface area contributed by atoms with Gasteiger partial charge in [0.1, 0.15) is 23.7 Å². The van der Waals surface area contributed by atoms with Crippen LogP contribution in [0.2, 0.25) is 0 Å². The van der Waals surface area contributed by atoms with E-state index in [1.807, 2.05) is 35.9 Å². The van der Waals surface area contributed by atoms with Gasteiger partial charge >= 0.3 is 0 Å². The maximum absolute atomic E-state index is 12.7. The zero-order chi connectivity index (χ0) is 25.2. The standard InChI is InChI=1S/C26H24N8O2/c1-3-5-21(35)31-18-12-19(13-18)34-25-22(24(27)28-14-29-25)23(33-34)16-8-10-17(11-9-16)26(36)32-20-7-4-6-15(2)30-20/h4,6-11,14,18-19H,12-13H2,1-2H3,(H,31,35)(H2,27,28,29)(H,30,32,36). The van der Waals surface area contributed by atoms with E-state index in [9.17, 15) is 9.59 Å². The molecule has 5 rings (SSSR count). The van der Waals surface area contributed by atoms with E-state index in [-0.39, 0.29) is 23.9 Å². The molecule has 36 heavy (non-hydrogen) atoms. The van der Waals surface area contributed by atoms with E-state index in [1.54, 1.807) is 25.1 Å². The number of nitrogen functional groups attached to an aromatic ring is 1. The first-order valence-corrected chi connectivity index (χ1v) is 11.5. The average molecular weight is 481 g/mol. The third-order valence-electron chi connectivity index (χ3n) is 6.10. The summed E-state index contributed by atoms with van der Waals surface area (Å²) in [5, 5.41) is 11.2. The Balaban J connectivity index is 1.39. The summed E-state index contributed by atoms with van der Waals surface area (Å²) in [4.78, 5) is 37.3. The molecule has 0 bridgehead atoms. The molecule has 10 heteroatoms. The molecule has 3 aromatic heterocycles. The van der Waals surface area contributed by atoms with Gasteiger partial charge < -0.3 is 16.4 Å². The number of nitrogens with two attached hydrogens (primary N) is 1. The minimum atomic E-state index is -0.277. The maximum atomic E-state index is 12.7.